The van der Waals surface area contributed by atoms with Crippen LogP contribution in [0.4, 0.5) is 3.89 Å². The van der Waals surface area contributed by atoms with Crippen LogP contribution < -0.4 is 0 Å². The van der Waals surface area contributed by atoms with E-state index in [4.69, 9.17) is 4.74 Å². The lowest BCUT2D eigenvalue weighted by atomic mass is 10.4. The lowest BCUT2D eigenvalue weighted by Gasteiger charge is -1.93. The molecule has 0 atom stereocenters. The van der Waals surface area contributed by atoms with Crippen molar-refractivity contribution in [2.24, 2.45) is 0 Å². The van der Waals surface area contributed by atoms with E-state index in [-0.39, 0.29) is 5.41 Å². The van der Waals surface area contributed by atoms with Gasteiger partial charge in [-0.05, 0) is 6.42 Å². The molecule has 0 rings (SSSR count). The van der Waals surface area contributed by atoms with E-state index in [0.29, 0.717) is 0 Å². The highest BCUT2D eigenvalue weighted by molar-refractivity contribution is 7.89. The fraction of sp³-hybridized carbons (Fsp3) is 0.500. The minimum atomic E-state index is -4.40. The van der Waals surface area contributed by atoms with Gasteiger partial charge in [0.25, 0.3) is 0 Å². The van der Waals surface area contributed by atoms with E-state index in [1.165, 1.54) is 12.7 Å². The molecule has 0 aliphatic rings. The first kappa shape index (κ1) is 14.7. The maximum atomic E-state index is 11.0. The molecule has 0 N–H and O–H groups in total. The van der Waals surface area contributed by atoms with Gasteiger partial charge in [-0.1, -0.05) is 26.5 Å². The number of hydrogen-bond acceptors (Lipinski definition) is 3. The minimum absolute atomic E-state index is 0.243. The third-order valence-electron chi connectivity index (χ3n) is 0.933. The number of halogens is 1. The highest BCUT2D eigenvalue weighted by atomic mass is 32.3. The molecule has 0 spiro atoms. The summed E-state index contributed by atoms with van der Waals surface area (Å²) in [5.74, 6) is 0. The Morgan fingerprint density at radius 2 is 1.92 bits per heavy atom. The zero-order valence-corrected chi connectivity index (χ0v) is 8.52. The molecule has 13 heavy (non-hydrogen) atoms. The predicted molar refractivity (Wildman–Crippen MR) is 51.3 cm³/mol. The van der Waals surface area contributed by atoms with Gasteiger partial charge in [-0.3, -0.25) is 0 Å². The van der Waals surface area contributed by atoms with Crippen molar-refractivity contribution in [3.05, 3.63) is 24.8 Å². The second-order valence-electron chi connectivity index (χ2n) is 2.03. The normalized spacial score (nSPS) is 9.38. The van der Waals surface area contributed by atoms with Crippen LogP contribution in [0.1, 0.15) is 19.8 Å². The average molecular weight is 210 g/mol. The Hall–Kier alpha value is -0.840. The monoisotopic (exact) mass is 210 g/mol. The summed E-state index contributed by atoms with van der Waals surface area (Å²) in [5.41, 5.74) is 0. The van der Waals surface area contributed by atoms with E-state index in [1.807, 2.05) is 0 Å². The molecular weight excluding hydrogens is 195 g/mol. The molecule has 0 unspecified atom stereocenters. The smallest absolute Gasteiger partial charge is 0.324 e. The fourth-order valence-electron chi connectivity index (χ4n) is 0.311. The molecule has 5 heteroatoms. The first-order valence-electron chi connectivity index (χ1n) is 3.77. The third kappa shape index (κ3) is 24.7. The van der Waals surface area contributed by atoms with Gasteiger partial charge in [0, 0.05) is 0 Å². The zero-order chi connectivity index (χ0) is 10.7. The van der Waals surface area contributed by atoms with Gasteiger partial charge in [0.05, 0.1) is 18.3 Å². The van der Waals surface area contributed by atoms with Crippen LogP contribution in [0.25, 0.3) is 0 Å². The van der Waals surface area contributed by atoms with Crippen molar-refractivity contribution in [3.8, 4) is 0 Å². The van der Waals surface area contributed by atoms with Gasteiger partial charge in [-0.2, -0.15) is 8.42 Å². The van der Waals surface area contributed by atoms with Gasteiger partial charge >= 0.3 is 10.2 Å². The molecule has 0 radical (unpaired) electrons. The van der Waals surface area contributed by atoms with Crippen LogP contribution in [0, 0.1) is 0 Å². The van der Waals surface area contributed by atoms with Crippen molar-refractivity contribution < 1.29 is 17.0 Å². The summed E-state index contributed by atoms with van der Waals surface area (Å²) in [4.78, 5) is 0. The van der Waals surface area contributed by atoms with Crippen molar-refractivity contribution in [1.29, 1.82) is 0 Å². The maximum absolute atomic E-state index is 11.0. The molecule has 0 aromatic rings. The summed E-state index contributed by atoms with van der Waals surface area (Å²) in [5, 5.41) is 0.243. The maximum Gasteiger partial charge on any atom is 0.324 e. The Morgan fingerprint density at radius 1 is 1.46 bits per heavy atom. The zero-order valence-electron chi connectivity index (χ0n) is 7.70. The summed E-state index contributed by atoms with van der Waals surface area (Å²) < 4.78 is 34.2. The van der Waals surface area contributed by atoms with Crippen LogP contribution in [-0.4, -0.2) is 15.0 Å². The molecule has 0 aliphatic carbocycles. The van der Waals surface area contributed by atoms with Gasteiger partial charge in [0.15, 0.2) is 0 Å². The Labute approximate surface area is 79.1 Å². The molecule has 0 aromatic heterocycles. The summed E-state index contributed by atoms with van der Waals surface area (Å²) in [7, 11) is -4.40. The number of unbranched alkanes of at least 4 members (excludes halogenated alkanes) is 1. The van der Waals surface area contributed by atoms with Gasteiger partial charge in [-0.15, -0.1) is 3.89 Å². The summed E-state index contributed by atoms with van der Waals surface area (Å²) in [6.45, 7) is 9.03. The van der Waals surface area contributed by atoms with Crippen molar-refractivity contribution >= 4 is 10.2 Å². The minimum Gasteiger partial charge on any atom is -0.502 e. The highest BCUT2D eigenvalue weighted by Crippen LogP contribution is 1.86. The second-order valence-corrected chi connectivity index (χ2v) is 3.32. The molecule has 0 heterocycles. The molecule has 3 nitrogen and oxygen atoms in total. The van der Waals surface area contributed by atoms with Crippen molar-refractivity contribution in [1.82, 2.24) is 0 Å². The predicted octanol–water partition coefficient (Wildman–Crippen LogP) is 2.38. The summed E-state index contributed by atoms with van der Waals surface area (Å²) in [6, 6.07) is 0. The molecule has 0 aromatic carbocycles. The molecule has 78 valence electrons. The van der Waals surface area contributed by atoms with Crippen molar-refractivity contribution in [3.63, 3.8) is 0 Å². The van der Waals surface area contributed by atoms with Gasteiger partial charge in [-0.25, -0.2) is 0 Å². The lowest BCUT2D eigenvalue weighted by Crippen LogP contribution is -1.83. The fourth-order valence-corrected chi connectivity index (χ4v) is 0.311. The van der Waals surface area contributed by atoms with E-state index in [1.54, 1.807) is 0 Å². The van der Waals surface area contributed by atoms with Gasteiger partial charge in [0.1, 0.15) is 0 Å². The number of rotatable bonds is 5. The van der Waals surface area contributed by atoms with Crippen molar-refractivity contribution in [2.75, 3.05) is 6.61 Å². The van der Waals surface area contributed by atoms with E-state index in [2.05, 4.69) is 20.1 Å². The van der Waals surface area contributed by atoms with Crippen LogP contribution >= 0.6 is 0 Å². The molecule has 0 saturated carbocycles. The Balaban J connectivity index is 0. The molecule has 0 amide bonds. The molecule has 0 bridgehead atoms. The third-order valence-corrected chi connectivity index (χ3v) is 1.33. The quantitative estimate of drug-likeness (QED) is 0.397. The molecule has 0 aliphatic heterocycles. The Bertz CT molecular complexity index is 210. The van der Waals surface area contributed by atoms with E-state index in [9.17, 15) is 12.3 Å². The SMILES string of the molecule is C=COCCCC.C=CS(=O)(=O)F. The van der Waals surface area contributed by atoms with Crippen molar-refractivity contribution in [2.45, 2.75) is 19.8 Å². The standard InChI is InChI=1S/C6H12O.C2H3FO2S/c1-3-5-6-7-4-2;1-2-6(3,4)5/h4H,2-3,5-6H2,1H3;2H,1H2. The van der Waals surface area contributed by atoms with E-state index in [0.717, 1.165) is 13.0 Å². The Morgan fingerprint density at radius 3 is 2.15 bits per heavy atom. The Kier molecular flexibility index (Phi) is 10.4. The van der Waals surface area contributed by atoms with Crippen LogP contribution in [0.2, 0.25) is 0 Å². The summed E-state index contributed by atoms with van der Waals surface area (Å²) in [6.07, 6.45) is 3.80. The molecular formula is C8H15FO3S. The first-order chi connectivity index (χ1) is 5.97. The first-order valence-corrected chi connectivity index (χ1v) is 5.22. The number of ether oxygens (including phenoxy) is 1. The van der Waals surface area contributed by atoms with Gasteiger partial charge in [0.2, 0.25) is 0 Å². The number of hydrogen-bond donors (Lipinski definition) is 0. The second kappa shape index (κ2) is 9.25. The van der Waals surface area contributed by atoms with E-state index >= 15 is 0 Å². The molecule has 0 saturated heterocycles. The lowest BCUT2D eigenvalue weighted by molar-refractivity contribution is 0.245. The summed E-state index contributed by atoms with van der Waals surface area (Å²) >= 11 is 0. The van der Waals surface area contributed by atoms with Crippen LogP contribution in [-0.2, 0) is 15.0 Å². The topological polar surface area (TPSA) is 43.4 Å². The van der Waals surface area contributed by atoms with Crippen LogP contribution in [0.15, 0.2) is 24.8 Å². The highest BCUT2D eigenvalue weighted by Gasteiger charge is 1.92. The van der Waals surface area contributed by atoms with Crippen LogP contribution in [0.5, 0.6) is 0 Å². The molecule has 0 fully saturated rings. The average Bonchev–Trinajstić information content (AvgIpc) is 2.06. The van der Waals surface area contributed by atoms with E-state index < -0.39 is 10.2 Å². The van der Waals surface area contributed by atoms with Gasteiger partial charge < -0.3 is 4.74 Å². The largest absolute Gasteiger partial charge is 0.502 e. The van der Waals surface area contributed by atoms with Crippen LogP contribution in [0.3, 0.4) is 0 Å².